The number of carbonyl (C=O) groups is 1. The van der Waals surface area contributed by atoms with Gasteiger partial charge in [-0.3, -0.25) is 9.69 Å². The average molecular weight is 302 g/mol. The highest BCUT2D eigenvalue weighted by Crippen LogP contribution is 2.26. The van der Waals surface area contributed by atoms with Gasteiger partial charge >= 0.3 is 5.97 Å². The van der Waals surface area contributed by atoms with Crippen molar-refractivity contribution in [3.8, 4) is 0 Å². The Bertz CT molecular complexity index is 439. The van der Waals surface area contributed by atoms with Gasteiger partial charge in [0.05, 0.1) is 6.54 Å². The first-order valence-electron chi connectivity index (χ1n) is 6.45. The van der Waals surface area contributed by atoms with Gasteiger partial charge in [0.2, 0.25) is 0 Å². The van der Waals surface area contributed by atoms with E-state index in [1.807, 2.05) is 17.0 Å². The molecule has 1 N–H and O–H groups in total. The van der Waals surface area contributed by atoms with Gasteiger partial charge in [0.1, 0.15) is 0 Å². The van der Waals surface area contributed by atoms with Crippen molar-refractivity contribution in [1.82, 2.24) is 4.90 Å². The van der Waals surface area contributed by atoms with Crippen molar-refractivity contribution in [2.24, 2.45) is 0 Å². The molecule has 0 saturated heterocycles. The average Bonchev–Trinajstić information content (AvgIpc) is 2.79. The molecule has 0 atom stereocenters. The van der Waals surface area contributed by atoms with Gasteiger partial charge in [-0.2, -0.15) is 0 Å². The van der Waals surface area contributed by atoms with Crippen LogP contribution in [-0.2, 0) is 11.3 Å². The summed E-state index contributed by atoms with van der Waals surface area (Å²) in [6.07, 6.45) is 4.50. The summed E-state index contributed by atoms with van der Waals surface area (Å²) in [6, 6.07) is 5.73. The normalized spacial score (nSPS) is 16.2. The van der Waals surface area contributed by atoms with Crippen molar-refractivity contribution in [3.05, 3.63) is 33.8 Å². The van der Waals surface area contributed by atoms with Crippen LogP contribution in [0.5, 0.6) is 0 Å². The zero-order valence-electron chi connectivity index (χ0n) is 10.6. The standard InChI is InChI=1S/C14H17Cl2NO2/c15-11-5-10(6-12(16)7-11)8-17(9-14(18)19)13-3-1-2-4-13/h5-7,13H,1-4,8-9H2,(H,18,19). The molecule has 1 saturated carbocycles. The van der Waals surface area contributed by atoms with Crippen molar-refractivity contribution in [2.75, 3.05) is 6.54 Å². The van der Waals surface area contributed by atoms with E-state index in [9.17, 15) is 4.79 Å². The molecule has 1 aromatic rings. The number of benzene rings is 1. The van der Waals surface area contributed by atoms with E-state index in [2.05, 4.69) is 0 Å². The quantitative estimate of drug-likeness (QED) is 0.899. The van der Waals surface area contributed by atoms with Crippen molar-refractivity contribution < 1.29 is 9.90 Å². The molecule has 0 unspecified atom stereocenters. The highest BCUT2D eigenvalue weighted by atomic mass is 35.5. The number of rotatable bonds is 5. The van der Waals surface area contributed by atoms with Crippen LogP contribution in [0.3, 0.4) is 0 Å². The lowest BCUT2D eigenvalue weighted by molar-refractivity contribution is -0.139. The summed E-state index contributed by atoms with van der Waals surface area (Å²) in [5.74, 6) is -0.792. The molecule has 19 heavy (non-hydrogen) atoms. The van der Waals surface area contributed by atoms with Crippen LogP contribution in [0.25, 0.3) is 0 Å². The molecule has 104 valence electrons. The molecule has 0 heterocycles. The van der Waals surface area contributed by atoms with E-state index < -0.39 is 5.97 Å². The third-order valence-electron chi connectivity index (χ3n) is 3.49. The minimum atomic E-state index is -0.792. The van der Waals surface area contributed by atoms with Crippen LogP contribution in [0.1, 0.15) is 31.2 Å². The lowest BCUT2D eigenvalue weighted by Crippen LogP contribution is -2.37. The highest BCUT2D eigenvalue weighted by Gasteiger charge is 2.24. The number of nitrogens with zero attached hydrogens (tertiary/aromatic N) is 1. The van der Waals surface area contributed by atoms with Crippen molar-refractivity contribution in [1.29, 1.82) is 0 Å². The van der Waals surface area contributed by atoms with Gasteiger partial charge in [-0.1, -0.05) is 36.0 Å². The van der Waals surface area contributed by atoms with E-state index in [-0.39, 0.29) is 6.54 Å². The Balaban J connectivity index is 2.11. The SMILES string of the molecule is O=C(O)CN(Cc1cc(Cl)cc(Cl)c1)C1CCCC1. The van der Waals surface area contributed by atoms with E-state index in [0.29, 0.717) is 22.6 Å². The van der Waals surface area contributed by atoms with E-state index in [1.165, 1.54) is 12.8 Å². The molecule has 5 heteroatoms. The molecule has 0 amide bonds. The van der Waals surface area contributed by atoms with Gasteiger partial charge in [0, 0.05) is 22.6 Å². The summed E-state index contributed by atoms with van der Waals surface area (Å²) in [7, 11) is 0. The number of hydrogen-bond donors (Lipinski definition) is 1. The minimum absolute atomic E-state index is 0.0643. The van der Waals surface area contributed by atoms with Gasteiger partial charge in [0.15, 0.2) is 0 Å². The molecule has 1 aliphatic rings. The van der Waals surface area contributed by atoms with Crippen LogP contribution in [0.2, 0.25) is 10.0 Å². The largest absolute Gasteiger partial charge is 0.480 e. The molecule has 0 radical (unpaired) electrons. The maximum Gasteiger partial charge on any atom is 0.317 e. The predicted molar refractivity (Wildman–Crippen MR) is 76.8 cm³/mol. The van der Waals surface area contributed by atoms with Gasteiger partial charge < -0.3 is 5.11 Å². The van der Waals surface area contributed by atoms with Crippen LogP contribution in [-0.4, -0.2) is 28.6 Å². The summed E-state index contributed by atoms with van der Waals surface area (Å²) in [5.41, 5.74) is 0.964. The summed E-state index contributed by atoms with van der Waals surface area (Å²) in [5, 5.41) is 10.2. The molecule has 0 aliphatic heterocycles. The fraction of sp³-hybridized carbons (Fsp3) is 0.500. The second kappa shape index (κ2) is 6.60. The summed E-state index contributed by atoms with van der Waals surface area (Å²) in [4.78, 5) is 13.0. The predicted octanol–water partition coefficient (Wildman–Crippen LogP) is 3.82. The first kappa shape index (κ1) is 14.6. The van der Waals surface area contributed by atoms with Crippen LogP contribution >= 0.6 is 23.2 Å². The maximum absolute atomic E-state index is 11.0. The van der Waals surface area contributed by atoms with Gasteiger partial charge in [0.25, 0.3) is 0 Å². The van der Waals surface area contributed by atoms with Crippen LogP contribution in [0, 0.1) is 0 Å². The Kier molecular flexibility index (Phi) is 5.08. The number of hydrogen-bond acceptors (Lipinski definition) is 2. The number of halogens is 2. The van der Waals surface area contributed by atoms with Gasteiger partial charge in [-0.05, 0) is 36.6 Å². The number of carboxylic acids is 1. The number of aliphatic carboxylic acids is 1. The molecule has 3 nitrogen and oxygen atoms in total. The van der Waals surface area contributed by atoms with E-state index in [4.69, 9.17) is 28.3 Å². The Morgan fingerprint density at radius 1 is 1.21 bits per heavy atom. The Morgan fingerprint density at radius 2 is 1.79 bits per heavy atom. The first-order valence-corrected chi connectivity index (χ1v) is 7.21. The molecule has 1 fully saturated rings. The minimum Gasteiger partial charge on any atom is -0.480 e. The topological polar surface area (TPSA) is 40.5 Å². The second-order valence-corrected chi connectivity index (χ2v) is 5.89. The molecule has 2 rings (SSSR count). The molecule has 1 aromatic carbocycles. The van der Waals surface area contributed by atoms with Crippen molar-refractivity contribution >= 4 is 29.2 Å². The molecule has 0 bridgehead atoms. The second-order valence-electron chi connectivity index (χ2n) is 5.01. The third-order valence-corrected chi connectivity index (χ3v) is 3.92. The smallest absolute Gasteiger partial charge is 0.317 e. The Labute approximate surface area is 123 Å². The third kappa shape index (κ3) is 4.37. The lowest BCUT2D eigenvalue weighted by Gasteiger charge is -2.27. The van der Waals surface area contributed by atoms with Gasteiger partial charge in [-0.15, -0.1) is 0 Å². The Morgan fingerprint density at radius 3 is 2.32 bits per heavy atom. The molecular weight excluding hydrogens is 285 g/mol. The van der Waals surface area contributed by atoms with E-state index >= 15 is 0 Å². The monoisotopic (exact) mass is 301 g/mol. The fourth-order valence-corrected chi connectivity index (χ4v) is 3.27. The van der Waals surface area contributed by atoms with Crippen molar-refractivity contribution in [2.45, 2.75) is 38.3 Å². The molecule has 1 aliphatic carbocycles. The molecule has 0 aromatic heterocycles. The van der Waals surface area contributed by atoms with Crippen LogP contribution in [0.15, 0.2) is 18.2 Å². The van der Waals surface area contributed by atoms with E-state index in [1.54, 1.807) is 6.07 Å². The summed E-state index contributed by atoms with van der Waals surface area (Å²) >= 11 is 12.0. The van der Waals surface area contributed by atoms with E-state index in [0.717, 1.165) is 18.4 Å². The Hall–Kier alpha value is -0.770. The van der Waals surface area contributed by atoms with Crippen LogP contribution < -0.4 is 0 Å². The van der Waals surface area contributed by atoms with Gasteiger partial charge in [-0.25, -0.2) is 0 Å². The summed E-state index contributed by atoms with van der Waals surface area (Å²) in [6.45, 7) is 0.645. The lowest BCUT2D eigenvalue weighted by atomic mass is 10.1. The fourth-order valence-electron chi connectivity index (χ4n) is 2.69. The summed E-state index contributed by atoms with van der Waals surface area (Å²) < 4.78 is 0. The maximum atomic E-state index is 11.0. The zero-order valence-corrected chi connectivity index (χ0v) is 12.1. The number of carboxylic acid groups (broad SMARTS) is 1. The zero-order chi connectivity index (χ0) is 13.8. The van der Waals surface area contributed by atoms with Crippen molar-refractivity contribution in [3.63, 3.8) is 0 Å². The highest BCUT2D eigenvalue weighted by molar-refractivity contribution is 6.34. The van der Waals surface area contributed by atoms with Crippen LogP contribution in [0.4, 0.5) is 0 Å². The molecular formula is C14H17Cl2NO2. The first-order chi connectivity index (χ1) is 9.04. The molecule has 0 spiro atoms.